The molecule has 0 spiro atoms. The van der Waals surface area contributed by atoms with E-state index in [1.165, 1.54) is 0 Å². The molecule has 1 aromatic heterocycles. The summed E-state index contributed by atoms with van der Waals surface area (Å²) in [6.45, 7) is 0.0821. The zero-order valence-electron chi connectivity index (χ0n) is 12.7. The Bertz CT molecular complexity index is 753. The van der Waals surface area contributed by atoms with Crippen LogP contribution in [0.1, 0.15) is 36.6 Å². The first kappa shape index (κ1) is 15.0. The van der Waals surface area contributed by atoms with Crippen LogP contribution in [0.5, 0.6) is 0 Å². The minimum Gasteiger partial charge on any atom is -0.449 e. The van der Waals surface area contributed by atoms with Crippen LogP contribution in [0.25, 0.3) is 0 Å². The summed E-state index contributed by atoms with van der Waals surface area (Å²) >= 11 is 0. The average molecular weight is 307 g/mol. The van der Waals surface area contributed by atoms with Gasteiger partial charge in [0.15, 0.2) is 0 Å². The predicted molar refractivity (Wildman–Crippen MR) is 85.2 cm³/mol. The molecule has 0 amide bonds. The fourth-order valence-corrected chi connectivity index (χ4v) is 2.38. The molecule has 0 radical (unpaired) electrons. The molecule has 23 heavy (non-hydrogen) atoms. The van der Waals surface area contributed by atoms with Gasteiger partial charge in [-0.3, -0.25) is 0 Å². The van der Waals surface area contributed by atoms with E-state index in [9.17, 15) is 4.79 Å². The molecule has 1 atom stereocenters. The van der Waals surface area contributed by atoms with Gasteiger partial charge in [-0.05, 0) is 31.4 Å². The second-order valence-electron chi connectivity index (χ2n) is 5.31. The predicted octanol–water partition coefficient (Wildman–Crippen LogP) is 2.65. The Balaban J connectivity index is 1.53. The Morgan fingerprint density at radius 2 is 2.22 bits per heavy atom. The van der Waals surface area contributed by atoms with Crippen LogP contribution in [0.4, 0.5) is 0 Å². The second-order valence-corrected chi connectivity index (χ2v) is 5.31. The molecular weight excluding hydrogens is 290 g/mol. The van der Waals surface area contributed by atoms with Gasteiger partial charge in [0.2, 0.25) is 0 Å². The minimum absolute atomic E-state index is 0.0821. The minimum atomic E-state index is -0.569. The summed E-state index contributed by atoms with van der Waals surface area (Å²) < 4.78 is 6.92. The van der Waals surface area contributed by atoms with E-state index in [4.69, 9.17) is 4.74 Å². The Hall–Kier alpha value is -2.87. The molecule has 5 nitrogen and oxygen atoms in total. The van der Waals surface area contributed by atoms with E-state index in [0.29, 0.717) is 5.69 Å². The van der Waals surface area contributed by atoms with Crippen molar-refractivity contribution in [2.24, 2.45) is 0 Å². The maximum absolute atomic E-state index is 11.6. The van der Waals surface area contributed by atoms with Gasteiger partial charge in [0.1, 0.15) is 12.3 Å². The first-order chi connectivity index (χ1) is 11.3. The Morgan fingerprint density at radius 1 is 1.35 bits per heavy atom. The smallest absolute Gasteiger partial charge is 0.385 e. The summed E-state index contributed by atoms with van der Waals surface area (Å²) in [7, 11) is 0. The van der Waals surface area contributed by atoms with Crippen LogP contribution < -0.4 is 0 Å². The van der Waals surface area contributed by atoms with E-state index in [-0.39, 0.29) is 12.6 Å². The summed E-state index contributed by atoms with van der Waals surface area (Å²) in [6.07, 6.45) is 9.45. The molecule has 1 unspecified atom stereocenters. The summed E-state index contributed by atoms with van der Waals surface area (Å²) in [5.41, 5.74) is 1.40. The van der Waals surface area contributed by atoms with Gasteiger partial charge in [0, 0.05) is 11.5 Å². The Labute approximate surface area is 135 Å². The number of hydrogen-bond donors (Lipinski definition) is 0. The van der Waals surface area contributed by atoms with Crippen molar-refractivity contribution in [3.05, 3.63) is 59.9 Å². The van der Waals surface area contributed by atoms with E-state index in [1.807, 2.05) is 41.2 Å². The van der Waals surface area contributed by atoms with Crippen molar-refractivity contribution < 1.29 is 9.53 Å². The van der Waals surface area contributed by atoms with Crippen LogP contribution in [0.2, 0.25) is 0 Å². The van der Waals surface area contributed by atoms with Crippen LogP contribution >= 0.6 is 0 Å². The van der Waals surface area contributed by atoms with Crippen LogP contribution in [-0.4, -0.2) is 21.0 Å². The highest BCUT2D eigenvalue weighted by atomic mass is 16.5. The molecule has 1 heterocycles. The van der Waals surface area contributed by atoms with Gasteiger partial charge < -0.3 is 4.74 Å². The third kappa shape index (κ3) is 4.30. The molecule has 1 aliphatic rings. The number of hydrogen-bond acceptors (Lipinski definition) is 4. The van der Waals surface area contributed by atoms with Gasteiger partial charge in [-0.1, -0.05) is 41.5 Å². The standard InChI is InChI=1S/C18H17N3O2/c22-18(12-11-15-7-3-1-4-8-15)23-14-16-13-21(20-19-16)17-9-5-2-6-10-17/h1,3-5,7-9,13,17H,2,6,10,14H2. The molecule has 0 N–H and O–H groups in total. The molecule has 3 rings (SSSR count). The summed E-state index contributed by atoms with van der Waals surface area (Å²) in [4.78, 5) is 11.6. The van der Waals surface area contributed by atoms with Gasteiger partial charge in [-0.2, -0.15) is 0 Å². The van der Waals surface area contributed by atoms with Crippen LogP contribution in [-0.2, 0) is 16.1 Å². The molecule has 0 saturated carbocycles. The van der Waals surface area contributed by atoms with Crippen molar-refractivity contribution in [3.8, 4) is 11.8 Å². The molecule has 116 valence electrons. The lowest BCUT2D eigenvalue weighted by molar-refractivity contribution is -0.138. The number of ether oxygens (including phenoxy) is 1. The monoisotopic (exact) mass is 307 g/mol. The first-order valence-corrected chi connectivity index (χ1v) is 7.62. The zero-order chi connectivity index (χ0) is 15.9. The van der Waals surface area contributed by atoms with Crippen LogP contribution in [0.3, 0.4) is 0 Å². The fraction of sp³-hybridized carbons (Fsp3) is 0.278. The fourth-order valence-electron chi connectivity index (χ4n) is 2.38. The number of carbonyl (C=O) groups excluding carboxylic acids is 1. The average Bonchev–Trinajstić information content (AvgIpc) is 3.09. The largest absolute Gasteiger partial charge is 0.449 e. The van der Waals surface area contributed by atoms with Gasteiger partial charge in [-0.25, -0.2) is 9.48 Å². The first-order valence-electron chi connectivity index (χ1n) is 7.62. The number of esters is 1. The molecule has 2 aromatic rings. The lowest BCUT2D eigenvalue weighted by atomic mass is 10.0. The van der Waals surface area contributed by atoms with Crippen molar-refractivity contribution >= 4 is 5.97 Å². The van der Waals surface area contributed by atoms with Gasteiger partial charge in [0.25, 0.3) is 0 Å². The summed E-state index contributed by atoms with van der Waals surface area (Å²) in [5.74, 6) is 4.66. The number of rotatable bonds is 3. The van der Waals surface area contributed by atoms with E-state index in [0.717, 1.165) is 24.8 Å². The van der Waals surface area contributed by atoms with E-state index in [1.54, 1.807) is 0 Å². The molecule has 0 aliphatic heterocycles. The lowest BCUT2D eigenvalue weighted by Crippen LogP contribution is -2.09. The van der Waals surface area contributed by atoms with Gasteiger partial charge in [-0.15, -0.1) is 5.10 Å². The van der Waals surface area contributed by atoms with Gasteiger partial charge in [0.05, 0.1) is 12.2 Å². The summed E-state index contributed by atoms with van der Waals surface area (Å²) in [6, 6.07) is 9.56. The third-order valence-electron chi connectivity index (χ3n) is 3.56. The summed E-state index contributed by atoms with van der Waals surface area (Å²) in [5, 5.41) is 8.13. The maximum atomic E-state index is 11.6. The molecular formula is C18H17N3O2. The Morgan fingerprint density at radius 3 is 3.00 bits per heavy atom. The lowest BCUT2D eigenvalue weighted by Gasteiger charge is -2.15. The van der Waals surface area contributed by atoms with Crippen molar-refractivity contribution in [1.29, 1.82) is 0 Å². The molecule has 0 saturated heterocycles. The number of allylic oxidation sites excluding steroid dienone is 2. The highest BCUT2D eigenvalue weighted by Gasteiger charge is 2.13. The quantitative estimate of drug-likeness (QED) is 0.497. The molecule has 5 heteroatoms. The van der Waals surface area contributed by atoms with Crippen molar-refractivity contribution in [1.82, 2.24) is 15.0 Å². The zero-order valence-corrected chi connectivity index (χ0v) is 12.7. The molecule has 1 aromatic carbocycles. The number of nitrogens with zero attached hydrogens (tertiary/aromatic N) is 3. The van der Waals surface area contributed by atoms with E-state index < -0.39 is 5.97 Å². The van der Waals surface area contributed by atoms with Crippen LogP contribution in [0.15, 0.2) is 48.7 Å². The topological polar surface area (TPSA) is 57.0 Å². The highest BCUT2D eigenvalue weighted by molar-refractivity contribution is 5.89. The molecule has 1 aliphatic carbocycles. The van der Waals surface area contributed by atoms with Crippen molar-refractivity contribution in [3.63, 3.8) is 0 Å². The van der Waals surface area contributed by atoms with E-state index >= 15 is 0 Å². The third-order valence-corrected chi connectivity index (χ3v) is 3.56. The number of aromatic nitrogens is 3. The number of benzene rings is 1. The number of carbonyl (C=O) groups is 1. The second kappa shape index (κ2) is 7.41. The van der Waals surface area contributed by atoms with Crippen molar-refractivity contribution in [2.75, 3.05) is 0 Å². The SMILES string of the molecule is O=C(C#Cc1ccccc1)OCc1cn(C2C=CCCC2)nn1. The normalized spacial score (nSPS) is 16.4. The Kier molecular flexibility index (Phi) is 4.85. The van der Waals surface area contributed by atoms with Gasteiger partial charge >= 0.3 is 5.97 Å². The molecule has 0 fully saturated rings. The van der Waals surface area contributed by atoms with Crippen LogP contribution in [0, 0.1) is 11.8 Å². The highest BCUT2D eigenvalue weighted by Crippen LogP contribution is 2.21. The maximum Gasteiger partial charge on any atom is 0.385 e. The van der Waals surface area contributed by atoms with Crippen molar-refractivity contribution in [2.45, 2.75) is 31.9 Å². The van der Waals surface area contributed by atoms with E-state index in [2.05, 4.69) is 34.3 Å². The molecule has 0 bridgehead atoms.